The van der Waals surface area contributed by atoms with Crippen LogP contribution in [-0.2, 0) is 5.41 Å². The van der Waals surface area contributed by atoms with E-state index in [-0.39, 0.29) is 17.4 Å². The molecule has 2 aromatic heterocycles. The summed E-state index contributed by atoms with van der Waals surface area (Å²) < 4.78 is 7.46. The van der Waals surface area contributed by atoms with Crippen LogP contribution in [0.4, 0.5) is 0 Å². The van der Waals surface area contributed by atoms with E-state index < -0.39 is 0 Å². The Morgan fingerprint density at radius 1 is 1.21 bits per heavy atom. The van der Waals surface area contributed by atoms with Crippen molar-refractivity contribution in [3.8, 4) is 0 Å². The first kappa shape index (κ1) is 13.8. The molecular formula is C14H22N4O. The van der Waals surface area contributed by atoms with Crippen LogP contribution in [0.1, 0.15) is 71.0 Å². The van der Waals surface area contributed by atoms with E-state index in [1.165, 1.54) is 0 Å². The van der Waals surface area contributed by atoms with Gasteiger partial charge in [-0.2, -0.15) is 4.98 Å². The molecule has 5 nitrogen and oxygen atoms in total. The van der Waals surface area contributed by atoms with Gasteiger partial charge in [0.1, 0.15) is 11.9 Å². The summed E-state index contributed by atoms with van der Waals surface area (Å²) in [6.45, 7) is 12.6. The van der Waals surface area contributed by atoms with Crippen LogP contribution in [0.2, 0.25) is 0 Å². The van der Waals surface area contributed by atoms with E-state index >= 15 is 0 Å². The van der Waals surface area contributed by atoms with Crippen LogP contribution >= 0.6 is 0 Å². The highest BCUT2D eigenvalue weighted by atomic mass is 16.5. The van der Waals surface area contributed by atoms with Crippen molar-refractivity contribution in [2.75, 3.05) is 0 Å². The second kappa shape index (κ2) is 4.79. The Balaban J connectivity index is 2.34. The van der Waals surface area contributed by atoms with E-state index in [0.717, 1.165) is 11.6 Å². The quantitative estimate of drug-likeness (QED) is 0.851. The van der Waals surface area contributed by atoms with Gasteiger partial charge in [-0.15, -0.1) is 0 Å². The highest BCUT2D eigenvalue weighted by Crippen LogP contribution is 2.26. The lowest BCUT2D eigenvalue weighted by molar-refractivity contribution is 0.333. The van der Waals surface area contributed by atoms with Gasteiger partial charge in [-0.3, -0.25) is 0 Å². The van der Waals surface area contributed by atoms with Gasteiger partial charge in [-0.05, 0) is 6.92 Å². The monoisotopic (exact) mass is 262 g/mol. The standard InChI is InChI=1S/C14H22N4O/c1-9(2)11-16-12(19-17-11)10(3)18-8-7-15-13(18)14(4,5)6/h7-10H,1-6H3/t10-/m0/s1. The normalized spacial score (nSPS) is 14.1. The number of imidazole rings is 1. The van der Waals surface area contributed by atoms with Crippen molar-refractivity contribution in [2.24, 2.45) is 0 Å². The van der Waals surface area contributed by atoms with Gasteiger partial charge in [-0.1, -0.05) is 39.8 Å². The molecule has 0 amide bonds. The Kier molecular flexibility index (Phi) is 3.47. The highest BCUT2D eigenvalue weighted by Gasteiger charge is 2.25. The summed E-state index contributed by atoms with van der Waals surface area (Å²) in [7, 11) is 0. The molecule has 0 unspecified atom stereocenters. The minimum absolute atomic E-state index is 0.00303. The zero-order valence-corrected chi connectivity index (χ0v) is 12.5. The smallest absolute Gasteiger partial charge is 0.249 e. The number of hydrogen-bond acceptors (Lipinski definition) is 4. The summed E-state index contributed by atoms with van der Waals surface area (Å²) in [6, 6.07) is -0.00303. The fraction of sp³-hybridized carbons (Fsp3) is 0.643. The van der Waals surface area contributed by atoms with Crippen molar-refractivity contribution < 1.29 is 4.52 Å². The van der Waals surface area contributed by atoms with Crippen LogP contribution in [0, 0.1) is 0 Å². The van der Waals surface area contributed by atoms with Crippen molar-refractivity contribution in [3.05, 3.63) is 29.9 Å². The van der Waals surface area contributed by atoms with Crippen molar-refractivity contribution in [1.82, 2.24) is 19.7 Å². The van der Waals surface area contributed by atoms with Crippen LogP contribution in [0.5, 0.6) is 0 Å². The highest BCUT2D eigenvalue weighted by molar-refractivity contribution is 5.09. The van der Waals surface area contributed by atoms with Crippen LogP contribution in [0.15, 0.2) is 16.9 Å². The second-order valence-corrected chi connectivity index (χ2v) is 6.23. The third-order valence-corrected chi connectivity index (χ3v) is 3.09. The van der Waals surface area contributed by atoms with E-state index in [1.807, 2.05) is 12.4 Å². The number of aromatic nitrogens is 4. The molecule has 2 rings (SSSR count). The minimum Gasteiger partial charge on any atom is -0.337 e. The minimum atomic E-state index is -0.0152. The van der Waals surface area contributed by atoms with Gasteiger partial charge < -0.3 is 9.09 Å². The molecule has 0 aliphatic carbocycles. The first-order valence-electron chi connectivity index (χ1n) is 6.67. The predicted molar refractivity (Wildman–Crippen MR) is 73.1 cm³/mol. The Bertz CT molecular complexity index is 548. The molecule has 0 bridgehead atoms. The first-order chi connectivity index (χ1) is 8.80. The molecule has 2 aromatic rings. The van der Waals surface area contributed by atoms with E-state index in [0.29, 0.717) is 5.89 Å². The topological polar surface area (TPSA) is 56.7 Å². The fourth-order valence-corrected chi connectivity index (χ4v) is 1.98. The maximum atomic E-state index is 5.37. The molecule has 19 heavy (non-hydrogen) atoms. The van der Waals surface area contributed by atoms with Crippen LogP contribution in [0.3, 0.4) is 0 Å². The SMILES string of the molecule is CC(C)c1noc([C@H](C)n2ccnc2C(C)(C)C)n1. The second-order valence-electron chi connectivity index (χ2n) is 6.23. The number of hydrogen-bond donors (Lipinski definition) is 0. The van der Waals surface area contributed by atoms with Crippen LogP contribution < -0.4 is 0 Å². The van der Waals surface area contributed by atoms with E-state index in [9.17, 15) is 0 Å². The van der Waals surface area contributed by atoms with Gasteiger partial charge in [-0.25, -0.2) is 4.98 Å². The maximum absolute atomic E-state index is 5.37. The fourth-order valence-electron chi connectivity index (χ4n) is 1.98. The van der Waals surface area contributed by atoms with Gasteiger partial charge in [0.2, 0.25) is 5.89 Å². The van der Waals surface area contributed by atoms with Gasteiger partial charge in [0.25, 0.3) is 0 Å². The molecule has 0 aliphatic heterocycles. The van der Waals surface area contributed by atoms with Gasteiger partial charge in [0.15, 0.2) is 5.82 Å². The molecule has 0 fully saturated rings. The zero-order chi connectivity index (χ0) is 14.2. The average Bonchev–Trinajstić information content (AvgIpc) is 2.96. The summed E-state index contributed by atoms with van der Waals surface area (Å²) in [6.07, 6.45) is 3.78. The lowest BCUT2D eigenvalue weighted by atomic mass is 9.95. The molecular weight excluding hydrogens is 240 g/mol. The Labute approximate surface area is 114 Å². The van der Waals surface area contributed by atoms with E-state index in [1.54, 1.807) is 0 Å². The summed E-state index contributed by atoms with van der Waals surface area (Å²) in [5.41, 5.74) is -0.0152. The zero-order valence-electron chi connectivity index (χ0n) is 12.5. The van der Waals surface area contributed by atoms with Gasteiger partial charge in [0.05, 0.1) is 0 Å². The third-order valence-electron chi connectivity index (χ3n) is 3.09. The third kappa shape index (κ3) is 2.69. The average molecular weight is 262 g/mol. The first-order valence-corrected chi connectivity index (χ1v) is 6.67. The molecule has 2 heterocycles. The molecule has 0 aromatic carbocycles. The molecule has 104 valence electrons. The van der Waals surface area contributed by atoms with Crippen LogP contribution in [0.25, 0.3) is 0 Å². The van der Waals surface area contributed by atoms with Crippen molar-refractivity contribution in [1.29, 1.82) is 0 Å². The lowest BCUT2D eigenvalue weighted by Gasteiger charge is -2.22. The molecule has 5 heteroatoms. The molecule has 0 N–H and O–H groups in total. The summed E-state index contributed by atoms with van der Waals surface area (Å²) in [5.74, 6) is 2.67. The molecule has 0 saturated carbocycles. The Hall–Kier alpha value is -1.65. The summed E-state index contributed by atoms with van der Waals surface area (Å²) in [5, 5.41) is 4.02. The predicted octanol–water partition coefficient (Wildman–Crippen LogP) is 3.30. The maximum Gasteiger partial charge on any atom is 0.249 e. The van der Waals surface area contributed by atoms with Crippen molar-refractivity contribution >= 4 is 0 Å². The van der Waals surface area contributed by atoms with Gasteiger partial charge in [0, 0.05) is 23.7 Å². The van der Waals surface area contributed by atoms with Crippen molar-refractivity contribution in [2.45, 2.75) is 58.9 Å². The number of nitrogens with zero attached hydrogens (tertiary/aromatic N) is 4. The number of rotatable bonds is 3. The summed E-state index contributed by atoms with van der Waals surface area (Å²) in [4.78, 5) is 8.91. The van der Waals surface area contributed by atoms with E-state index in [2.05, 4.69) is 61.2 Å². The Morgan fingerprint density at radius 2 is 1.89 bits per heavy atom. The van der Waals surface area contributed by atoms with Crippen molar-refractivity contribution in [3.63, 3.8) is 0 Å². The largest absolute Gasteiger partial charge is 0.337 e. The molecule has 0 spiro atoms. The van der Waals surface area contributed by atoms with Crippen LogP contribution in [-0.4, -0.2) is 19.7 Å². The van der Waals surface area contributed by atoms with E-state index in [4.69, 9.17) is 4.52 Å². The molecule has 0 saturated heterocycles. The van der Waals surface area contributed by atoms with Gasteiger partial charge >= 0.3 is 0 Å². The summed E-state index contributed by atoms with van der Waals surface area (Å²) >= 11 is 0. The molecule has 0 aliphatic rings. The Morgan fingerprint density at radius 3 is 2.42 bits per heavy atom. The molecule has 0 radical (unpaired) electrons. The lowest BCUT2D eigenvalue weighted by Crippen LogP contribution is -2.21. The molecule has 1 atom stereocenters.